The van der Waals surface area contributed by atoms with Gasteiger partial charge in [-0.3, -0.25) is 9.59 Å². The smallest absolute Gasteiger partial charge is 0.252 e. The van der Waals surface area contributed by atoms with Crippen molar-refractivity contribution in [2.75, 3.05) is 12.0 Å². The first-order chi connectivity index (χ1) is 15.3. The zero-order valence-corrected chi connectivity index (χ0v) is 20.2. The number of ether oxygens (including phenoxy) is 1. The fourth-order valence-corrected chi connectivity index (χ4v) is 6.11. The Morgan fingerprint density at radius 3 is 2.38 bits per heavy atom. The zero-order valence-electron chi connectivity index (χ0n) is 17.0. The largest absolute Gasteiger partial charge is 0.497 e. The number of methoxy groups -OCH3 is 1. The lowest BCUT2D eigenvalue weighted by molar-refractivity contribution is -0.122. The number of imide groups is 1. The van der Waals surface area contributed by atoms with Gasteiger partial charge in [0.05, 0.1) is 24.1 Å². The number of sulfonamides is 1. The van der Waals surface area contributed by atoms with Crippen molar-refractivity contribution in [2.45, 2.75) is 23.9 Å². The van der Waals surface area contributed by atoms with Crippen LogP contribution < -0.4 is 9.64 Å². The molecule has 3 aromatic rings. The fourth-order valence-electron chi connectivity index (χ4n) is 3.50. The van der Waals surface area contributed by atoms with Crippen molar-refractivity contribution >= 4 is 54.8 Å². The highest BCUT2D eigenvalue weighted by molar-refractivity contribution is 9.10. The molecule has 2 amide bonds. The predicted octanol–water partition coefficient (Wildman–Crippen LogP) is 4.04. The average molecular weight is 535 g/mol. The predicted molar refractivity (Wildman–Crippen MR) is 125 cm³/mol. The van der Waals surface area contributed by atoms with E-state index in [0.29, 0.717) is 11.4 Å². The molecule has 1 atom stereocenters. The van der Waals surface area contributed by atoms with Gasteiger partial charge in [0.25, 0.3) is 5.91 Å². The Labute approximate surface area is 198 Å². The van der Waals surface area contributed by atoms with Gasteiger partial charge in [-0.15, -0.1) is 11.3 Å². The second-order valence-corrected chi connectivity index (χ2v) is 10.9. The van der Waals surface area contributed by atoms with Crippen molar-refractivity contribution in [3.63, 3.8) is 0 Å². The Morgan fingerprint density at radius 1 is 1.09 bits per heavy atom. The highest BCUT2D eigenvalue weighted by Crippen LogP contribution is 2.32. The summed E-state index contributed by atoms with van der Waals surface area (Å²) in [6.07, 6.45) is -0.230. The van der Waals surface area contributed by atoms with Crippen LogP contribution in [0.2, 0.25) is 0 Å². The third-order valence-electron chi connectivity index (χ3n) is 5.11. The molecule has 10 heteroatoms. The first-order valence-electron chi connectivity index (χ1n) is 9.62. The fraction of sp³-hybridized carbons (Fsp3) is 0.182. The van der Waals surface area contributed by atoms with Crippen LogP contribution in [0.3, 0.4) is 0 Å². The molecule has 1 fully saturated rings. The molecule has 1 unspecified atom stereocenters. The molecule has 1 saturated heterocycles. The number of benzene rings is 2. The topological polar surface area (TPSA) is 84.0 Å². The Hall–Kier alpha value is -2.53. The van der Waals surface area contributed by atoms with E-state index in [9.17, 15) is 18.0 Å². The number of hydrogen-bond acceptors (Lipinski definition) is 6. The summed E-state index contributed by atoms with van der Waals surface area (Å²) < 4.78 is 34.1. The van der Waals surface area contributed by atoms with E-state index >= 15 is 0 Å². The van der Waals surface area contributed by atoms with Crippen molar-refractivity contribution in [3.05, 3.63) is 75.4 Å². The van der Waals surface area contributed by atoms with Crippen molar-refractivity contribution in [1.82, 2.24) is 4.31 Å². The van der Waals surface area contributed by atoms with Gasteiger partial charge in [-0.25, -0.2) is 13.3 Å². The van der Waals surface area contributed by atoms with E-state index in [1.54, 1.807) is 42.5 Å². The van der Waals surface area contributed by atoms with Gasteiger partial charge >= 0.3 is 0 Å². The molecular formula is C22H19BrN2O5S2. The van der Waals surface area contributed by atoms with E-state index in [1.165, 1.54) is 30.6 Å². The van der Waals surface area contributed by atoms with E-state index in [2.05, 4.69) is 15.9 Å². The van der Waals surface area contributed by atoms with Gasteiger partial charge in [0.1, 0.15) is 11.8 Å². The summed E-state index contributed by atoms with van der Waals surface area (Å²) in [4.78, 5) is 28.0. The van der Waals surface area contributed by atoms with Crippen LogP contribution in [-0.4, -0.2) is 37.7 Å². The molecule has 0 radical (unpaired) electrons. The van der Waals surface area contributed by atoms with Crippen molar-refractivity contribution in [1.29, 1.82) is 0 Å². The van der Waals surface area contributed by atoms with Crippen LogP contribution in [0.25, 0.3) is 0 Å². The number of nitrogens with zero attached hydrogens (tertiary/aromatic N) is 2. The molecule has 1 aliphatic rings. The average Bonchev–Trinajstić information content (AvgIpc) is 3.40. The lowest BCUT2D eigenvalue weighted by atomic mass is 10.2. The SMILES string of the molecule is COc1ccc(N2C(=O)CC(N(Cc3cccs3)S(=O)(=O)c3ccc(Br)cc3)C2=O)cc1. The molecular weight excluding hydrogens is 516 g/mol. The summed E-state index contributed by atoms with van der Waals surface area (Å²) in [6, 6.07) is 15.2. The maximum Gasteiger partial charge on any atom is 0.252 e. The molecule has 1 aromatic heterocycles. The second-order valence-electron chi connectivity index (χ2n) is 7.07. The Bertz CT molecular complexity index is 1230. The van der Waals surface area contributed by atoms with E-state index < -0.39 is 27.9 Å². The van der Waals surface area contributed by atoms with Crippen LogP contribution >= 0.6 is 27.3 Å². The third kappa shape index (κ3) is 4.36. The lowest BCUT2D eigenvalue weighted by Gasteiger charge is -2.26. The van der Waals surface area contributed by atoms with Crippen LogP contribution in [0.5, 0.6) is 5.75 Å². The molecule has 0 saturated carbocycles. The summed E-state index contributed by atoms with van der Waals surface area (Å²) in [6.45, 7) is -0.00377. The highest BCUT2D eigenvalue weighted by Gasteiger charge is 2.47. The standard InChI is InChI=1S/C22H19BrN2O5S2/c1-30-17-8-6-16(7-9-17)25-21(26)13-20(22(25)27)24(14-18-3-2-12-31-18)32(28,29)19-10-4-15(23)5-11-19/h2-12,20H,13-14H2,1H3. The molecule has 32 heavy (non-hydrogen) atoms. The minimum atomic E-state index is -4.05. The summed E-state index contributed by atoms with van der Waals surface area (Å²) in [5.74, 6) is -0.439. The Kier molecular flexibility index (Phi) is 6.47. The second kappa shape index (κ2) is 9.14. The van der Waals surface area contributed by atoms with Crippen LogP contribution in [0.4, 0.5) is 5.69 Å². The molecule has 0 aliphatic carbocycles. The molecule has 1 aliphatic heterocycles. The van der Waals surface area contributed by atoms with Crippen molar-refractivity contribution in [3.8, 4) is 5.75 Å². The maximum atomic E-state index is 13.6. The number of thiophene rings is 1. The Morgan fingerprint density at radius 2 is 1.78 bits per heavy atom. The van der Waals surface area contributed by atoms with Crippen LogP contribution in [0.15, 0.2) is 75.4 Å². The zero-order chi connectivity index (χ0) is 22.9. The number of amides is 2. The van der Waals surface area contributed by atoms with Crippen molar-refractivity contribution < 1.29 is 22.7 Å². The number of halogens is 1. The number of carbonyl (C=O) groups excluding carboxylic acids is 2. The first-order valence-corrected chi connectivity index (χ1v) is 12.7. The molecule has 7 nitrogen and oxygen atoms in total. The Balaban J connectivity index is 1.71. The first kappa shape index (κ1) is 22.7. The van der Waals surface area contributed by atoms with Gasteiger partial charge < -0.3 is 4.74 Å². The lowest BCUT2D eigenvalue weighted by Crippen LogP contribution is -2.44. The maximum absolute atomic E-state index is 13.6. The third-order valence-corrected chi connectivity index (χ3v) is 8.37. The van der Waals surface area contributed by atoms with Crippen LogP contribution in [-0.2, 0) is 26.2 Å². The number of carbonyl (C=O) groups is 2. The quantitative estimate of drug-likeness (QED) is 0.427. The summed E-state index contributed by atoms with van der Waals surface area (Å²) in [5.41, 5.74) is 0.375. The molecule has 2 aromatic carbocycles. The molecule has 0 N–H and O–H groups in total. The normalized spacial score (nSPS) is 16.7. The van der Waals surface area contributed by atoms with Gasteiger partial charge in [-0.2, -0.15) is 4.31 Å². The van der Waals surface area contributed by atoms with E-state index in [-0.39, 0.29) is 17.9 Å². The summed E-state index contributed by atoms with van der Waals surface area (Å²) in [7, 11) is -2.53. The highest BCUT2D eigenvalue weighted by atomic mass is 79.9. The van der Waals surface area contributed by atoms with E-state index in [4.69, 9.17) is 4.74 Å². The van der Waals surface area contributed by atoms with E-state index in [1.807, 2.05) is 11.4 Å². The van der Waals surface area contributed by atoms with Gasteiger partial charge in [0.15, 0.2) is 0 Å². The minimum absolute atomic E-state index is 0.00377. The van der Waals surface area contributed by atoms with Gasteiger partial charge in [0, 0.05) is 15.9 Å². The van der Waals surface area contributed by atoms with Crippen molar-refractivity contribution in [2.24, 2.45) is 0 Å². The summed E-state index contributed by atoms with van der Waals surface area (Å²) >= 11 is 4.69. The van der Waals surface area contributed by atoms with Gasteiger partial charge in [-0.05, 0) is 60.0 Å². The number of anilines is 1. The van der Waals surface area contributed by atoms with Gasteiger partial charge in [0.2, 0.25) is 15.9 Å². The number of hydrogen-bond donors (Lipinski definition) is 0. The van der Waals surface area contributed by atoms with E-state index in [0.717, 1.165) is 18.6 Å². The number of rotatable bonds is 7. The molecule has 2 heterocycles. The van der Waals surface area contributed by atoms with Crippen LogP contribution in [0.1, 0.15) is 11.3 Å². The molecule has 166 valence electrons. The summed E-state index contributed by atoms with van der Waals surface area (Å²) in [5, 5.41) is 1.84. The monoisotopic (exact) mass is 534 g/mol. The molecule has 0 bridgehead atoms. The van der Waals surface area contributed by atoms with Crippen LogP contribution in [0, 0.1) is 0 Å². The minimum Gasteiger partial charge on any atom is -0.497 e. The molecule has 4 rings (SSSR count). The van der Waals surface area contributed by atoms with Gasteiger partial charge in [-0.1, -0.05) is 22.0 Å². The molecule has 0 spiro atoms.